The Bertz CT molecular complexity index is 1010. The predicted molar refractivity (Wildman–Crippen MR) is 107 cm³/mol. The molecule has 2 heterocycles. The monoisotopic (exact) mass is 417 g/mol. The topological polar surface area (TPSA) is 108 Å². The van der Waals surface area contributed by atoms with Crippen molar-refractivity contribution in [3.63, 3.8) is 0 Å². The molecule has 0 aliphatic heterocycles. The van der Waals surface area contributed by atoms with Crippen LogP contribution in [0.4, 0.5) is 5.82 Å². The van der Waals surface area contributed by atoms with Crippen LogP contribution in [0.5, 0.6) is 0 Å². The van der Waals surface area contributed by atoms with E-state index < -0.39 is 11.9 Å². The summed E-state index contributed by atoms with van der Waals surface area (Å²) in [7, 11) is 1.71. The van der Waals surface area contributed by atoms with Gasteiger partial charge in [0.25, 0.3) is 0 Å². The number of ether oxygens (including phenoxy) is 2. The van der Waals surface area contributed by atoms with Crippen LogP contribution in [0.15, 0.2) is 36.7 Å². The fraction of sp³-hybridized carbons (Fsp3) is 0.316. The van der Waals surface area contributed by atoms with E-state index in [4.69, 9.17) is 21.1 Å². The van der Waals surface area contributed by atoms with Gasteiger partial charge in [0.15, 0.2) is 17.0 Å². The van der Waals surface area contributed by atoms with Gasteiger partial charge in [0.05, 0.1) is 25.1 Å². The number of anilines is 1. The molecule has 152 valence electrons. The number of halogens is 1. The molecule has 0 aliphatic rings. The molecule has 0 saturated carbocycles. The lowest BCUT2D eigenvalue weighted by Gasteiger charge is -2.17. The Kier molecular flexibility index (Phi) is 6.61. The van der Waals surface area contributed by atoms with Crippen LogP contribution in [0.3, 0.4) is 0 Å². The van der Waals surface area contributed by atoms with Crippen molar-refractivity contribution in [1.29, 1.82) is 0 Å². The highest BCUT2D eigenvalue weighted by molar-refractivity contribution is 6.28. The summed E-state index contributed by atoms with van der Waals surface area (Å²) in [5.74, 6) is -0.666. The number of esters is 2. The minimum Gasteiger partial charge on any atom is -0.465 e. The maximum Gasteiger partial charge on any atom is 0.338 e. The normalized spacial score (nSPS) is 11.8. The first kappa shape index (κ1) is 20.5. The van der Waals surface area contributed by atoms with E-state index in [0.717, 1.165) is 0 Å². The molecular formula is C19H20ClN5O4. The molecule has 0 bridgehead atoms. The third-order valence-electron chi connectivity index (χ3n) is 4.11. The summed E-state index contributed by atoms with van der Waals surface area (Å²) in [5, 5.41) is 3.01. The Labute approximate surface area is 172 Å². The number of rotatable bonds is 8. The zero-order valence-electron chi connectivity index (χ0n) is 16.0. The predicted octanol–water partition coefficient (Wildman–Crippen LogP) is 2.56. The molecule has 29 heavy (non-hydrogen) atoms. The maximum absolute atomic E-state index is 12.2. The first-order chi connectivity index (χ1) is 14.0. The molecule has 0 aliphatic carbocycles. The van der Waals surface area contributed by atoms with Gasteiger partial charge in [-0.2, -0.15) is 9.97 Å². The van der Waals surface area contributed by atoms with Gasteiger partial charge in [-0.1, -0.05) is 18.2 Å². The molecule has 1 N–H and O–H groups in total. The third kappa shape index (κ3) is 5.20. The molecule has 2 aromatic heterocycles. The second-order valence-electron chi connectivity index (χ2n) is 6.29. The number of imidazole rings is 1. The van der Waals surface area contributed by atoms with Crippen LogP contribution in [0, 0.1) is 5.92 Å². The molecule has 1 atom stereocenters. The van der Waals surface area contributed by atoms with E-state index in [-0.39, 0.29) is 24.4 Å². The highest BCUT2D eigenvalue weighted by Gasteiger charge is 2.19. The summed E-state index contributed by atoms with van der Waals surface area (Å²) in [5.41, 5.74) is 1.53. The zero-order valence-corrected chi connectivity index (χ0v) is 16.7. The Hall–Kier alpha value is -3.20. The van der Waals surface area contributed by atoms with Gasteiger partial charge >= 0.3 is 11.9 Å². The molecule has 0 radical (unpaired) electrons. The number of carbonyl (C=O) groups excluding carboxylic acids is 2. The smallest absolute Gasteiger partial charge is 0.338 e. The summed E-state index contributed by atoms with van der Waals surface area (Å²) in [4.78, 5) is 36.1. The van der Waals surface area contributed by atoms with Crippen LogP contribution in [0.1, 0.15) is 17.3 Å². The third-order valence-corrected chi connectivity index (χ3v) is 4.28. The van der Waals surface area contributed by atoms with E-state index >= 15 is 0 Å². The molecule has 3 aromatic rings. The van der Waals surface area contributed by atoms with Crippen LogP contribution in [-0.2, 0) is 20.8 Å². The van der Waals surface area contributed by atoms with E-state index in [1.54, 1.807) is 42.2 Å². The van der Waals surface area contributed by atoms with Crippen molar-refractivity contribution in [3.8, 4) is 0 Å². The number of hydrogen-bond acceptors (Lipinski definition) is 8. The van der Waals surface area contributed by atoms with Gasteiger partial charge in [-0.3, -0.25) is 4.79 Å². The highest BCUT2D eigenvalue weighted by atomic mass is 35.5. The van der Waals surface area contributed by atoms with E-state index in [2.05, 4.69) is 20.3 Å². The van der Waals surface area contributed by atoms with Crippen molar-refractivity contribution in [2.45, 2.75) is 13.5 Å². The van der Waals surface area contributed by atoms with E-state index in [1.165, 1.54) is 6.92 Å². The minimum absolute atomic E-state index is 0.0539. The standard InChI is InChI=1S/C19H20ClN5O4/c1-12(26)28-9-13(10-29-18(27)14-6-4-3-5-7-14)8-25-11-22-15-16(21-2)23-19(20)24-17(15)25/h3-7,11,13H,8-10H2,1-2H3,(H,21,23,24). The van der Waals surface area contributed by atoms with Crippen molar-refractivity contribution in [1.82, 2.24) is 19.5 Å². The molecule has 0 spiro atoms. The van der Waals surface area contributed by atoms with E-state index in [0.29, 0.717) is 29.1 Å². The van der Waals surface area contributed by atoms with Crippen LogP contribution in [-0.4, -0.2) is 51.7 Å². The van der Waals surface area contributed by atoms with Gasteiger partial charge in [0.1, 0.15) is 0 Å². The first-order valence-electron chi connectivity index (χ1n) is 8.89. The van der Waals surface area contributed by atoms with Gasteiger partial charge in [0, 0.05) is 26.4 Å². The lowest BCUT2D eigenvalue weighted by molar-refractivity contribution is -0.142. The van der Waals surface area contributed by atoms with Gasteiger partial charge in [-0.05, 0) is 23.7 Å². The Morgan fingerprint density at radius 3 is 2.59 bits per heavy atom. The lowest BCUT2D eigenvalue weighted by atomic mass is 10.1. The highest BCUT2D eigenvalue weighted by Crippen LogP contribution is 2.21. The van der Waals surface area contributed by atoms with Gasteiger partial charge in [-0.15, -0.1) is 0 Å². The van der Waals surface area contributed by atoms with E-state index in [9.17, 15) is 9.59 Å². The fourth-order valence-electron chi connectivity index (χ4n) is 2.74. The van der Waals surface area contributed by atoms with Crippen molar-refractivity contribution in [2.24, 2.45) is 5.92 Å². The fourth-order valence-corrected chi connectivity index (χ4v) is 2.91. The maximum atomic E-state index is 12.2. The number of hydrogen-bond donors (Lipinski definition) is 1. The van der Waals surface area contributed by atoms with Crippen LogP contribution in [0.2, 0.25) is 5.28 Å². The molecule has 0 saturated heterocycles. The average Bonchev–Trinajstić information content (AvgIpc) is 3.12. The molecule has 1 unspecified atom stereocenters. The number of benzene rings is 1. The van der Waals surface area contributed by atoms with Crippen LogP contribution < -0.4 is 5.32 Å². The molecular weight excluding hydrogens is 398 g/mol. The second-order valence-corrected chi connectivity index (χ2v) is 6.63. The molecule has 9 nitrogen and oxygen atoms in total. The molecule has 3 rings (SSSR count). The van der Waals surface area contributed by atoms with E-state index in [1.807, 2.05) is 6.07 Å². The first-order valence-corrected chi connectivity index (χ1v) is 9.27. The number of nitrogens with one attached hydrogen (secondary N) is 1. The summed E-state index contributed by atoms with van der Waals surface area (Å²) >= 11 is 6.00. The van der Waals surface area contributed by atoms with Crippen LogP contribution in [0.25, 0.3) is 11.2 Å². The van der Waals surface area contributed by atoms with Gasteiger partial charge in [-0.25, -0.2) is 9.78 Å². The second kappa shape index (κ2) is 9.33. The quantitative estimate of drug-likeness (QED) is 0.440. The largest absolute Gasteiger partial charge is 0.465 e. The number of carbonyl (C=O) groups is 2. The summed E-state index contributed by atoms with van der Waals surface area (Å²) < 4.78 is 12.3. The zero-order chi connectivity index (χ0) is 20.8. The van der Waals surface area contributed by atoms with Crippen molar-refractivity contribution in [3.05, 3.63) is 47.5 Å². The van der Waals surface area contributed by atoms with Crippen molar-refractivity contribution < 1.29 is 19.1 Å². The number of fused-ring (bicyclic) bond motifs is 1. The Morgan fingerprint density at radius 1 is 1.17 bits per heavy atom. The molecule has 10 heteroatoms. The summed E-state index contributed by atoms with van der Waals surface area (Å²) in [6, 6.07) is 8.67. The Morgan fingerprint density at radius 2 is 1.90 bits per heavy atom. The van der Waals surface area contributed by atoms with Gasteiger partial charge in [0.2, 0.25) is 5.28 Å². The van der Waals surface area contributed by atoms with Crippen molar-refractivity contribution in [2.75, 3.05) is 25.6 Å². The molecule has 0 fully saturated rings. The van der Waals surface area contributed by atoms with Gasteiger partial charge < -0.3 is 19.4 Å². The average molecular weight is 418 g/mol. The number of aromatic nitrogens is 4. The summed E-state index contributed by atoms with van der Waals surface area (Å²) in [6.07, 6.45) is 1.59. The number of nitrogens with zero attached hydrogens (tertiary/aromatic N) is 4. The lowest BCUT2D eigenvalue weighted by Crippen LogP contribution is -2.24. The SMILES string of the molecule is CNc1nc(Cl)nc2c1ncn2CC(COC(C)=O)COC(=O)c1ccccc1. The molecule has 0 amide bonds. The van der Waals surface area contributed by atoms with Crippen molar-refractivity contribution >= 4 is 40.5 Å². The Balaban J connectivity index is 1.77. The minimum atomic E-state index is -0.447. The van der Waals surface area contributed by atoms with Crippen LogP contribution >= 0.6 is 11.6 Å². The summed E-state index contributed by atoms with van der Waals surface area (Å²) in [6.45, 7) is 1.81. The molecule has 1 aromatic carbocycles.